The maximum atomic E-state index is 5.64. The van der Waals surface area contributed by atoms with Crippen LogP contribution in [0.25, 0.3) is 0 Å². The highest BCUT2D eigenvalue weighted by Gasteiger charge is 2.17. The molecule has 14 heavy (non-hydrogen) atoms. The van der Waals surface area contributed by atoms with E-state index in [2.05, 4.69) is 23.6 Å². The van der Waals surface area contributed by atoms with Crippen LogP contribution in [0, 0.1) is 0 Å². The molecule has 1 aliphatic rings. The van der Waals surface area contributed by atoms with Gasteiger partial charge in [-0.25, -0.2) is 0 Å². The van der Waals surface area contributed by atoms with Crippen LogP contribution in [0.3, 0.4) is 0 Å². The largest absolute Gasteiger partial charge is 0.299 e. The molecule has 1 fully saturated rings. The second kappa shape index (κ2) is 7.84. The first kappa shape index (κ1) is 12.7. The number of thioether (sulfide) groups is 1. The smallest absolute Gasteiger partial charge is 0.0223 e. The van der Waals surface area contributed by atoms with Crippen molar-refractivity contribution in [2.24, 2.45) is 0 Å². The Morgan fingerprint density at radius 3 is 2.79 bits per heavy atom. The quantitative estimate of drug-likeness (QED) is 0.514. The summed E-state index contributed by atoms with van der Waals surface area (Å²) in [7, 11) is 0. The van der Waals surface area contributed by atoms with Gasteiger partial charge in [0.2, 0.25) is 0 Å². The third-order valence-corrected chi connectivity index (χ3v) is 4.29. The molecule has 0 aromatic rings. The molecule has 0 saturated carbocycles. The van der Waals surface area contributed by atoms with Crippen molar-refractivity contribution in [3.63, 3.8) is 0 Å². The third kappa shape index (κ3) is 4.90. The van der Waals surface area contributed by atoms with Crippen molar-refractivity contribution in [3.8, 4) is 0 Å². The molecule has 0 aromatic heterocycles. The summed E-state index contributed by atoms with van der Waals surface area (Å²) in [4.78, 5) is 2.64. The van der Waals surface area contributed by atoms with E-state index in [1.165, 1.54) is 50.3 Å². The zero-order valence-electron chi connectivity index (χ0n) is 9.17. The molecular formula is C11H22ClNS. The SMILES string of the molecule is CC1CSCCN1CCCCCCCl. The molecule has 1 unspecified atom stereocenters. The molecule has 0 bridgehead atoms. The van der Waals surface area contributed by atoms with Gasteiger partial charge in [0.1, 0.15) is 0 Å². The van der Waals surface area contributed by atoms with E-state index in [1.54, 1.807) is 0 Å². The van der Waals surface area contributed by atoms with Gasteiger partial charge in [0.25, 0.3) is 0 Å². The lowest BCUT2D eigenvalue weighted by atomic mass is 10.2. The summed E-state index contributed by atoms with van der Waals surface area (Å²) in [5.41, 5.74) is 0. The fraction of sp³-hybridized carbons (Fsp3) is 1.00. The van der Waals surface area contributed by atoms with Crippen molar-refractivity contribution < 1.29 is 0 Å². The Kier molecular flexibility index (Phi) is 7.09. The molecule has 1 heterocycles. The van der Waals surface area contributed by atoms with E-state index in [9.17, 15) is 0 Å². The Balaban J connectivity index is 1.99. The average molecular weight is 236 g/mol. The van der Waals surface area contributed by atoms with Gasteiger partial charge in [-0.05, 0) is 26.3 Å². The van der Waals surface area contributed by atoms with Gasteiger partial charge < -0.3 is 0 Å². The second-order valence-electron chi connectivity index (χ2n) is 4.06. The van der Waals surface area contributed by atoms with E-state index in [1.807, 2.05) is 0 Å². The molecule has 1 aliphatic heterocycles. The number of nitrogens with zero attached hydrogens (tertiary/aromatic N) is 1. The van der Waals surface area contributed by atoms with Crippen LogP contribution in [0.4, 0.5) is 0 Å². The molecule has 3 heteroatoms. The van der Waals surface area contributed by atoms with E-state index in [4.69, 9.17) is 11.6 Å². The maximum absolute atomic E-state index is 5.64. The van der Waals surface area contributed by atoms with Crippen molar-refractivity contribution in [1.82, 2.24) is 4.90 Å². The number of hydrogen-bond acceptors (Lipinski definition) is 2. The Morgan fingerprint density at radius 2 is 2.07 bits per heavy atom. The third-order valence-electron chi connectivity index (χ3n) is 2.83. The first-order valence-corrected chi connectivity index (χ1v) is 7.41. The molecule has 0 N–H and O–H groups in total. The minimum atomic E-state index is 0.793. The molecule has 0 aromatic carbocycles. The highest BCUT2D eigenvalue weighted by Crippen LogP contribution is 2.16. The van der Waals surface area contributed by atoms with E-state index < -0.39 is 0 Å². The first-order chi connectivity index (χ1) is 6.84. The van der Waals surface area contributed by atoms with Gasteiger partial charge in [-0.15, -0.1) is 11.6 Å². The molecule has 1 saturated heterocycles. The molecule has 0 radical (unpaired) electrons. The Bertz CT molecular complexity index is 143. The fourth-order valence-corrected chi connectivity index (χ4v) is 3.13. The van der Waals surface area contributed by atoms with E-state index >= 15 is 0 Å². The number of rotatable bonds is 6. The van der Waals surface area contributed by atoms with Crippen LogP contribution in [0.2, 0.25) is 0 Å². The summed E-state index contributed by atoms with van der Waals surface area (Å²) < 4.78 is 0. The molecule has 1 rings (SSSR count). The molecular weight excluding hydrogens is 214 g/mol. The van der Waals surface area contributed by atoms with Gasteiger partial charge in [-0.1, -0.05) is 12.8 Å². The van der Waals surface area contributed by atoms with Gasteiger partial charge in [0, 0.05) is 30.0 Å². The summed E-state index contributed by atoms with van der Waals surface area (Å²) in [5.74, 6) is 3.48. The van der Waals surface area contributed by atoms with Crippen LogP contribution in [0.5, 0.6) is 0 Å². The molecule has 0 spiro atoms. The minimum Gasteiger partial charge on any atom is -0.299 e. The zero-order valence-corrected chi connectivity index (χ0v) is 10.7. The van der Waals surface area contributed by atoms with Crippen LogP contribution in [-0.2, 0) is 0 Å². The predicted octanol–water partition coefficient (Wildman–Crippen LogP) is 3.22. The summed E-state index contributed by atoms with van der Waals surface area (Å²) in [6.07, 6.45) is 5.20. The van der Waals surface area contributed by atoms with Crippen molar-refractivity contribution in [2.45, 2.75) is 38.6 Å². The monoisotopic (exact) mass is 235 g/mol. The van der Waals surface area contributed by atoms with Crippen LogP contribution in [-0.4, -0.2) is 41.4 Å². The highest BCUT2D eigenvalue weighted by molar-refractivity contribution is 7.99. The lowest BCUT2D eigenvalue weighted by molar-refractivity contribution is 0.227. The molecule has 0 aliphatic carbocycles. The Hall–Kier alpha value is 0.600. The Morgan fingerprint density at radius 1 is 1.29 bits per heavy atom. The molecule has 0 amide bonds. The van der Waals surface area contributed by atoms with Crippen LogP contribution < -0.4 is 0 Å². The highest BCUT2D eigenvalue weighted by atomic mass is 35.5. The standard InChI is InChI=1S/C11H22ClNS/c1-11-10-14-9-8-13(11)7-5-3-2-4-6-12/h11H,2-10H2,1H3. The van der Waals surface area contributed by atoms with Crippen molar-refractivity contribution >= 4 is 23.4 Å². The van der Waals surface area contributed by atoms with Crippen molar-refractivity contribution in [2.75, 3.05) is 30.5 Å². The lowest BCUT2D eigenvalue weighted by Gasteiger charge is -2.32. The number of alkyl halides is 1. The molecule has 1 nitrogen and oxygen atoms in total. The molecule has 1 atom stereocenters. The lowest BCUT2D eigenvalue weighted by Crippen LogP contribution is -2.40. The summed E-state index contributed by atoms with van der Waals surface area (Å²) in [5, 5.41) is 0. The Labute approximate surface area is 97.6 Å². The maximum Gasteiger partial charge on any atom is 0.0223 e. The average Bonchev–Trinajstić information content (AvgIpc) is 2.20. The van der Waals surface area contributed by atoms with Crippen LogP contribution >= 0.6 is 23.4 Å². The van der Waals surface area contributed by atoms with Crippen LogP contribution in [0.15, 0.2) is 0 Å². The van der Waals surface area contributed by atoms with Gasteiger partial charge in [-0.3, -0.25) is 4.90 Å². The van der Waals surface area contributed by atoms with Crippen molar-refractivity contribution in [3.05, 3.63) is 0 Å². The zero-order chi connectivity index (χ0) is 10.2. The number of hydrogen-bond donors (Lipinski definition) is 0. The second-order valence-corrected chi connectivity index (χ2v) is 5.59. The normalized spacial score (nSPS) is 24.0. The van der Waals surface area contributed by atoms with Crippen LogP contribution in [0.1, 0.15) is 32.6 Å². The summed E-state index contributed by atoms with van der Waals surface area (Å²) in [6.45, 7) is 4.94. The van der Waals surface area contributed by atoms with E-state index in [0.29, 0.717) is 0 Å². The van der Waals surface area contributed by atoms with Gasteiger partial charge >= 0.3 is 0 Å². The first-order valence-electron chi connectivity index (χ1n) is 5.72. The molecule has 84 valence electrons. The topological polar surface area (TPSA) is 3.24 Å². The van der Waals surface area contributed by atoms with Gasteiger partial charge in [0.05, 0.1) is 0 Å². The van der Waals surface area contributed by atoms with E-state index in [0.717, 1.165) is 11.9 Å². The number of halogens is 1. The minimum absolute atomic E-state index is 0.793. The summed E-state index contributed by atoms with van der Waals surface area (Å²) in [6, 6.07) is 0.793. The number of unbranched alkanes of at least 4 members (excludes halogenated alkanes) is 3. The summed E-state index contributed by atoms with van der Waals surface area (Å²) >= 11 is 7.73. The fourth-order valence-electron chi connectivity index (χ4n) is 1.86. The predicted molar refractivity (Wildman–Crippen MR) is 67.5 cm³/mol. The van der Waals surface area contributed by atoms with Gasteiger partial charge in [0.15, 0.2) is 0 Å². The van der Waals surface area contributed by atoms with Gasteiger partial charge in [-0.2, -0.15) is 11.8 Å². The van der Waals surface area contributed by atoms with E-state index in [-0.39, 0.29) is 0 Å². The van der Waals surface area contributed by atoms with Crippen molar-refractivity contribution in [1.29, 1.82) is 0 Å².